The molecular weight excluding hydrogens is 285 g/mol. The van der Waals surface area contributed by atoms with Crippen molar-refractivity contribution in [2.24, 2.45) is 5.73 Å². The molecule has 21 heavy (non-hydrogen) atoms. The van der Waals surface area contributed by atoms with Crippen LogP contribution in [0.5, 0.6) is 11.6 Å². The minimum atomic E-state index is -4.78. The molecule has 7 heteroatoms. The average Bonchev–Trinajstić information content (AvgIpc) is 2.45. The molecule has 0 radical (unpaired) electrons. The summed E-state index contributed by atoms with van der Waals surface area (Å²) in [5.41, 5.74) is 6.71. The summed E-state index contributed by atoms with van der Waals surface area (Å²) in [5.74, 6) is -0.0878. The first-order chi connectivity index (χ1) is 9.92. The van der Waals surface area contributed by atoms with Crippen LogP contribution in [-0.4, -0.2) is 18.5 Å². The highest BCUT2D eigenvalue weighted by atomic mass is 19.4. The Morgan fingerprint density at radius 2 is 1.76 bits per heavy atom. The van der Waals surface area contributed by atoms with Crippen LogP contribution < -0.4 is 15.2 Å². The summed E-state index contributed by atoms with van der Waals surface area (Å²) in [5, 5.41) is 0. The van der Waals surface area contributed by atoms with E-state index in [1.165, 1.54) is 31.5 Å². The second-order valence-corrected chi connectivity index (χ2v) is 4.17. The van der Waals surface area contributed by atoms with Crippen LogP contribution in [-0.2, 0) is 0 Å². The topological polar surface area (TPSA) is 57.4 Å². The smallest absolute Gasteiger partial charge is 0.481 e. The third-order valence-electron chi connectivity index (χ3n) is 2.81. The van der Waals surface area contributed by atoms with Crippen molar-refractivity contribution >= 4 is 0 Å². The molecule has 2 rings (SSSR count). The Bertz CT molecular complexity index is 617. The molecule has 1 aromatic heterocycles. The predicted octanol–water partition coefficient (Wildman–Crippen LogP) is 3.04. The Balaban J connectivity index is 2.42. The van der Waals surface area contributed by atoms with Crippen molar-refractivity contribution in [3.63, 3.8) is 0 Å². The number of aromatic nitrogens is 1. The minimum Gasteiger partial charge on any atom is -0.481 e. The number of benzene rings is 1. The molecular formula is C14H13F3N2O2. The molecule has 0 amide bonds. The van der Waals surface area contributed by atoms with Crippen LogP contribution in [0.3, 0.4) is 0 Å². The zero-order valence-corrected chi connectivity index (χ0v) is 11.1. The van der Waals surface area contributed by atoms with E-state index in [-0.39, 0.29) is 17.2 Å². The van der Waals surface area contributed by atoms with Crippen molar-refractivity contribution < 1.29 is 22.6 Å². The fraction of sp³-hybridized carbons (Fsp3) is 0.214. The van der Waals surface area contributed by atoms with Crippen LogP contribution in [0.2, 0.25) is 0 Å². The van der Waals surface area contributed by atoms with Gasteiger partial charge in [-0.1, -0.05) is 24.3 Å². The Morgan fingerprint density at radius 3 is 2.43 bits per heavy atom. The van der Waals surface area contributed by atoms with Crippen molar-refractivity contribution in [1.82, 2.24) is 4.98 Å². The van der Waals surface area contributed by atoms with Gasteiger partial charge in [-0.05, 0) is 12.1 Å². The maximum Gasteiger partial charge on any atom is 0.573 e. The highest BCUT2D eigenvalue weighted by molar-refractivity contribution is 5.44. The van der Waals surface area contributed by atoms with E-state index >= 15 is 0 Å². The highest BCUT2D eigenvalue weighted by Gasteiger charge is 2.33. The zero-order valence-electron chi connectivity index (χ0n) is 11.1. The van der Waals surface area contributed by atoms with Crippen LogP contribution in [0, 0.1) is 0 Å². The number of hydrogen-bond acceptors (Lipinski definition) is 4. The SMILES string of the molecule is COc1ncccc1C(N)c1ccccc1OC(F)(F)F. The number of nitrogens with two attached hydrogens (primary N) is 1. The van der Waals surface area contributed by atoms with E-state index in [1.807, 2.05) is 0 Å². The normalized spacial score (nSPS) is 12.8. The van der Waals surface area contributed by atoms with Crippen LogP contribution in [0.25, 0.3) is 0 Å². The second-order valence-electron chi connectivity index (χ2n) is 4.17. The van der Waals surface area contributed by atoms with E-state index < -0.39 is 12.4 Å². The fourth-order valence-electron chi connectivity index (χ4n) is 1.93. The quantitative estimate of drug-likeness (QED) is 0.942. The molecule has 0 fully saturated rings. The molecule has 2 N–H and O–H groups in total. The van der Waals surface area contributed by atoms with Crippen LogP contribution in [0.4, 0.5) is 13.2 Å². The van der Waals surface area contributed by atoms with Crippen molar-refractivity contribution in [1.29, 1.82) is 0 Å². The van der Waals surface area contributed by atoms with Gasteiger partial charge in [0.15, 0.2) is 0 Å². The maximum absolute atomic E-state index is 12.4. The van der Waals surface area contributed by atoms with Gasteiger partial charge in [-0.15, -0.1) is 13.2 Å². The highest BCUT2D eigenvalue weighted by Crippen LogP contribution is 2.34. The number of alkyl halides is 3. The molecule has 0 bridgehead atoms. The van der Waals surface area contributed by atoms with Crippen LogP contribution in [0.1, 0.15) is 17.2 Å². The number of halogens is 3. The third kappa shape index (κ3) is 3.63. The van der Waals surface area contributed by atoms with E-state index in [0.29, 0.717) is 5.56 Å². The molecule has 1 atom stereocenters. The van der Waals surface area contributed by atoms with Crippen LogP contribution in [0.15, 0.2) is 42.6 Å². The summed E-state index contributed by atoms with van der Waals surface area (Å²) >= 11 is 0. The summed E-state index contributed by atoms with van der Waals surface area (Å²) in [7, 11) is 1.41. The van der Waals surface area contributed by atoms with E-state index in [2.05, 4.69) is 9.72 Å². The number of methoxy groups -OCH3 is 1. The first-order valence-electron chi connectivity index (χ1n) is 6.01. The molecule has 2 aromatic rings. The van der Waals surface area contributed by atoms with E-state index in [9.17, 15) is 13.2 Å². The summed E-state index contributed by atoms with van der Waals surface area (Å²) in [4.78, 5) is 3.98. The first-order valence-corrected chi connectivity index (χ1v) is 6.01. The molecule has 1 aromatic carbocycles. The second kappa shape index (κ2) is 6.01. The van der Waals surface area contributed by atoms with Gasteiger partial charge in [0.05, 0.1) is 13.2 Å². The van der Waals surface area contributed by atoms with Gasteiger partial charge in [0.1, 0.15) is 5.75 Å². The van der Waals surface area contributed by atoms with Crippen LogP contribution >= 0.6 is 0 Å². The largest absolute Gasteiger partial charge is 0.573 e. The van der Waals surface area contributed by atoms with Gasteiger partial charge in [-0.3, -0.25) is 0 Å². The van der Waals surface area contributed by atoms with Gasteiger partial charge < -0.3 is 15.2 Å². The lowest BCUT2D eigenvalue weighted by Gasteiger charge is -2.19. The van der Waals surface area contributed by atoms with E-state index in [4.69, 9.17) is 10.5 Å². The molecule has 1 unspecified atom stereocenters. The number of nitrogens with zero attached hydrogens (tertiary/aromatic N) is 1. The molecule has 4 nitrogen and oxygen atoms in total. The number of para-hydroxylation sites is 1. The standard InChI is InChI=1S/C14H13F3N2O2/c1-20-13-10(6-4-8-19-13)12(18)9-5-2-3-7-11(9)21-14(15,16)17/h2-8,12H,18H2,1H3. The Hall–Kier alpha value is -2.28. The molecule has 0 aliphatic carbocycles. The van der Waals surface area contributed by atoms with Gasteiger partial charge in [-0.2, -0.15) is 0 Å². The van der Waals surface area contributed by atoms with Crippen molar-refractivity contribution in [2.45, 2.75) is 12.4 Å². The number of hydrogen-bond donors (Lipinski definition) is 1. The minimum absolute atomic E-state index is 0.195. The Labute approximate surface area is 119 Å². The summed E-state index contributed by atoms with van der Waals surface area (Å²) < 4.78 is 46.4. The third-order valence-corrected chi connectivity index (χ3v) is 2.81. The molecule has 0 saturated carbocycles. The van der Waals surface area contributed by atoms with Gasteiger partial charge in [0.2, 0.25) is 5.88 Å². The lowest BCUT2D eigenvalue weighted by atomic mass is 9.99. The molecule has 0 spiro atoms. The molecule has 0 saturated heterocycles. The Kier molecular flexibility index (Phi) is 4.32. The molecule has 0 aliphatic heterocycles. The van der Waals surface area contributed by atoms with Gasteiger partial charge in [-0.25, -0.2) is 4.98 Å². The first kappa shape index (κ1) is 15.1. The number of pyridine rings is 1. The molecule has 112 valence electrons. The lowest BCUT2D eigenvalue weighted by molar-refractivity contribution is -0.274. The van der Waals surface area contributed by atoms with Gasteiger partial charge in [0, 0.05) is 17.3 Å². The monoisotopic (exact) mass is 298 g/mol. The van der Waals surface area contributed by atoms with Crippen molar-refractivity contribution in [3.05, 3.63) is 53.7 Å². The van der Waals surface area contributed by atoms with E-state index in [0.717, 1.165) is 0 Å². The van der Waals surface area contributed by atoms with Gasteiger partial charge in [0.25, 0.3) is 0 Å². The summed E-state index contributed by atoms with van der Waals surface area (Å²) in [6.45, 7) is 0. The fourth-order valence-corrected chi connectivity index (χ4v) is 1.93. The zero-order chi connectivity index (χ0) is 15.5. The van der Waals surface area contributed by atoms with E-state index in [1.54, 1.807) is 18.2 Å². The lowest BCUT2D eigenvalue weighted by Crippen LogP contribution is -2.21. The predicted molar refractivity (Wildman–Crippen MR) is 69.9 cm³/mol. The summed E-state index contributed by atoms with van der Waals surface area (Å²) in [6, 6.07) is 8.13. The van der Waals surface area contributed by atoms with Crippen molar-refractivity contribution in [3.8, 4) is 11.6 Å². The average molecular weight is 298 g/mol. The number of ether oxygens (including phenoxy) is 2. The Morgan fingerprint density at radius 1 is 1.10 bits per heavy atom. The number of rotatable bonds is 4. The molecule has 1 heterocycles. The maximum atomic E-state index is 12.4. The molecule has 0 aliphatic rings. The van der Waals surface area contributed by atoms with Gasteiger partial charge >= 0.3 is 6.36 Å². The summed E-state index contributed by atoms with van der Waals surface area (Å²) in [6.07, 6.45) is -3.28. The van der Waals surface area contributed by atoms with Crippen molar-refractivity contribution in [2.75, 3.05) is 7.11 Å².